The summed E-state index contributed by atoms with van der Waals surface area (Å²) in [6, 6.07) is 7.32. The second kappa shape index (κ2) is 7.18. The lowest BCUT2D eigenvalue weighted by Crippen LogP contribution is -2.09. The summed E-state index contributed by atoms with van der Waals surface area (Å²) in [7, 11) is 0. The molecule has 0 spiro atoms. The smallest absolute Gasteiger partial charge is 0.339 e. The normalized spacial score (nSPS) is 11.0. The van der Waals surface area contributed by atoms with Crippen molar-refractivity contribution in [2.45, 2.75) is 32.7 Å². The Balaban J connectivity index is 2.04. The molecule has 0 atom stereocenters. The number of hydrogen-bond donors (Lipinski definition) is 0. The van der Waals surface area contributed by atoms with Gasteiger partial charge in [-0.1, -0.05) is 0 Å². The third-order valence-electron chi connectivity index (χ3n) is 3.72. The highest BCUT2D eigenvalue weighted by Gasteiger charge is 2.20. The Morgan fingerprint density at radius 1 is 1.48 bits per heavy atom. The Bertz CT molecular complexity index is 920. The Morgan fingerprint density at radius 3 is 3.00 bits per heavy atom. The van der Waals surface area contributed by atoms with E-state index < -0.39 is 5.97 Å². The van der Waals surface area contributed by atoms with Crippen LogP contribution in [0.4, 0.5) is 0 Å². The number of pyridine rings is 1. The molecule has 128 valence electrons. The van der Waals surface area contributed by atoms with Crippen molar-refractivity contribution < 1.29 is 13.9 Å². The van der Waals surface area contributed by atoms with E-state index in [0.717, 1.165) is 0 Å². The highest BCUT2D eigenvalue weighted by Crippen LogP contribution is 2.27. The van der Waals surface area contributed by atoms with E-state index in [4.69, 9.17) is 14.4 Å². The average Bonchev–Trinajstić information content (AvgIpc) is 3.26. The maximum atomic E-state index is 12.5. The third kappa shape index (κ3) is 3.38. The Kier molecular flexibility index (Phi) is 4.80. The quantitative estimate of drug-likeness (QED) is 0.502. The van der Waals surface area contributed by atoms with E-state index in [1.54, 1.807) is 35.3 Å². The van der Waals surface area contributed by atoms with Crippen molar-refractivity contribution in [3.05, 3.63) is 36.2 Å². The molecule has 3 aromatic rings. The molecule has 0 unspecified atom stereocenters. The van der Waals surface area contributed by atoms with Gasteiger partial charge in [-0.2, -0.15) is 10.4 Å². The largest absolute Gasteiger partial charge is 0.463 e. The number of fused-ring (bicyclic) bond motifs is 1. The van der Waals surface area contributed by atoms with Gasteiger partial charge in [-0.3, -0.25) is 0 Å². The van der Waals surface area contributed by atoms with Crippen LogP contribution in [-0.4, -0.2) is 27.3 Å². The number of esters is 1. The van der Waals surface area contributed by atoms with E-state index in [-0.39, 0.29) is 12.6 Å². The number of ether oxygens (including phenoxy) is 1. The van der Waals surface area contributed by atoms with E-state index in [2.05, 4.69) is 10.1 Å². The van der Waals surface area contributed by atoms with Crippen LogP contribution in [0.25, 0.3) is 22.5 Å². The molecule has 25 heavy (non-hydrogen) atoms. The zero-order chi connectivity index (χ0) is 17.8. The molecule has 7 nitrogen and oxygen atoms in total. The summed E-state index contributed by atoms with van der Waals surface area (Å²) < 4.78 is 12.5. The first-order valence-electron chi connectivity index (χ1n) is 8.08. The van der Waals surface area contributed by atoms with Crippen LogP contribution in [0.3, 0.4) is 0 Å². The van der Waals surface area contributed by atoms with Gasteiger partial charge in [0.2, 0.25) is 0 Å². The number of furan rings is 1. The van der Waals surface area contributed by atoms with Crippen LogP contribution in [0.1, 0.15) is 43.1 Å². The molecule has 3 aromatic heterocycles. The van der Waals surface area contributed by atoms with Crippen molar-refractivity contribution in [2.24, 2.45) is 0 Å². The molecule has 0 aliphatic heterocycles. The summed E-state index contributed by atoms with van der Waals surface area (Å²) in [4.78, 5) is 17.1. The Hall–Kier alpha value is -3.14. The first kappa shape index (κ1) is 16.7. The number of nitriles is 1. The first-order chi connectivity index (χ1) is 12.1. The molecule has 0 fully saturated rings. The summed E-state index contributed by atoms with van der Waals surface area (Å²) in [5, 5.41) is 13.5. The second-order valence-corrected chi connectivity index (χ2v) is 5.85. The molecule has 0 saturated heterocycles. The third-order valence-corrected chi connectivity index (χ3v) is 3.72. The lowest BCUT2D eigenvalue weighted by molar-refractivity contribution is 0.0504. The van der Waals surface area contributed by atoms with Gasteiger partial charge >= 0.3 is 5.97 Å². The fourth-order valence-electron chi connectivity index (χ4n) is 2.51. The molecule has 0 bridgehead atoms. The number of rotatable bonds is 6. The summed E-state index contributed by atoms with van der Waals surface area (Å²) >= 11 is 0. The maximum Gasteiger partial charge on any atom is 0.339 e. The lowest BCUT2D eigenvalue weighted by Gasteiger charge is -2.09. The van der Waals surface area contributed by atoms with Gasteiger partial charge in [-0.05, 0) is 38.5 Å². The van der Waals surface area contributed by atoms with Gasteiger partial charge in [0.1, 0.15) is 5.69 Å². The van der Waals surface area contributed by atoms with Crippen molar-refractivity contribution in [3.8, 4) is 17.5 Å². The molecule has 0 aromatic carbocycles. The first-order valence-corrected chi connectivity index (χ1v) is 8.08. The van der Waals surface area contributed by atoms with Crippen LogP contribution in [0, 0.1) is 11.3 Å². The molecule has 0 radical (unpaired) electrons. The minimum Gasteiger partial charge on any atom is -0.463 e. The standard InChI is InChI=1S/C18H18N4O3/c1-12(2)22-17-14(11-20-22)13(18(23)25-8-4-3-7-19)10-15(21-17)16-6-5-9-24-16/h5-6,9-12H,3-4,8H2,1-2H3. The molecule has 0 aliphatic carbocycles. The van der Waals surface area contributed by atoms with Crippen LogP contribution < -0.4 is 0 Å². The van der Waals surface area contributed by atoms with Gasteiger partial charge < -0.3 is 9.15 Å². The van der Waals surface area contributed by atoms with Gasteiger partial charge in [0.05, 0.1) is 36.1 Å². The van der Waals surface area contributed by atoms with E-state index in [1.807, 2.05) is 19.9 Å². The van der Waals surface area contributed by atoms with Gasteiger partial charge in [0.15, 0.2) is 11.4 Å². The topological polar surface area (TPSA) is 93.9 Å². The summed E-state index contributed by atoms with van der Waals surface area (Å²) in [5.74, 6) is 0.110. The molecule has 0 aliphatic rings. The Morgan fingerprint density at radius 2 is 2.32 bits per heavy atom. The Labute approximate surface area is 144 Å². The van der Waals surface area contributed by atoms with E-state index in [1.165, 1.54) is 0 Å². The second-order valence-electron chi connectivity index (χ2n) is 5.85. The molecule has 0 N–H and O–H groups in total. The van der Waals surface area contributed by atoms with Crippen LogP contribution in [-0.2, 0) is 4.74 Å². The van der Waals surface area contributed by atoms with Crippen molar-refractivity contribution in [1.29, 1.82) is 5.26 Å². The number of hydrogen-bond acceptors (Lipinski definition) is 6. The van der Waals surface area contributed by atoms with Crippen molar-refractivity contribution in [3.63, 3.8) is 0 Å². The molecule has 3 rings (SSSR count). The van der Waals surface area contributed by atoms with E-state index in [0.29, 0.717) is 40.9 Å². The predicted octanol–water partition coefficient (Wildman–Crippen LogP) is 3.73. The molecular weight excluding hydrogens is 320 g/mol. The van der Waals surface area contributed by atoms with Crippen molar-refractivity contribution >= 4 is 17.0 Å². The number of carbonyl (C=O) groups excluding carboxylic acids is 1. The van der Waals surface area contributed by atoms with Crippen LogP contribution >= 0.6 is 0 Å². The van der Waals surface area contributed by atoms with Crippen LogP contribution in [0.15, 0.2) is 35.1 Å². The highest BCUT2D eigenvalue weighted by molar-refractivity contribution is 6.03. The fraction of sp³-hybridized carbons (Fsp3) is 0.333. The van der Waals surface area contributed by atoms with Gasteiger partial charge in [0, 0.05) is 12.5 Å². The van der Waals surface area contributed by atoms with Crippen molar-refractivity contribution in [2.75, 3.05) is 6.61 Å². The monoisotopic (exact) mass is 338 g/mol. The maximum absolute atomic E-state index is 12.5. The predicted molar refractivity (Wildman–Crippen MR) is 90.7 cm³/mol. The van der Waals surface area contributed by atoms with Crippen LogP contribution in [0.5, 0.6) is 0 Å². The van der Waals surface area contributed by atoms with Gasteiger partial charge in [-0.15, -0.1) is 0 Å². The highest BCUT2D eigenvalue weighted by atomic mass is 16.5. The summed E-state index contributed by atoms with van der Waals surface area (Å²) in [5.41, 5.74) is 1.54. The van der Waals surface area contributed by atoms with Crippen LogP contribution in [0.2, 0.25) is 0 Å². The molecule has 7 heteroatoms. The zero-order valence-corrected chi connectivity index (χ0v) is 14.1. The van der Waals surface area contributed by atoms with E-state index in [9.17, 15) is 4.79 Å². The molecule has 3 heterocycles. The molecule has 0 saturated carbocycles. The number of nitrogens with zero attached hydrogens (tertiary/aromatic N) is 4. The number of unbranched alkanes of at least 4 members (excludes halogenated alkanes) is 1. The fourth-order valence-corrected chi connectivity index (χ4v) is 2.51. The van der Waals surface area contributed by atoms with Gasteiger partial charge in [0.25, 0.3) is 0 Å². The molecular formula is C18H18N4O3. The zero-order valence-electron chi connectivity index (χ0n) is 14.1. The minimum atomic E-state index is -0.457. The molecule has 0 amide bonds. The minimum absolute atomic E-state index is 0.0938. The average molecular weight is 338 g/mol. The summed E-state index contributed by atoms with van der Waals surface area (Å²) in [6.45, 7) is 4.19. The number of aromatic nitrogens is 3. The number of carbonyl (C=O) groups is 1. The SMILES string of the molecule is CC(C)n1ncc2c(C(=O)OCCCC#N)cc(-c3ccco3)nc21. The summed E-state index contributed by atoms with van der Waals surface area (Å²) in [6.07, 6.45) is 4.04. The van der Waals surface area contributed by atoms with Crippen molar-refractivity contribution in [1.82, 2.24) is 14.8 Å². The van der Waals surface area contributed by atoms with Gasteiger partial charge in [-0.25, -0.2) is 14.5 Å². The van der Waals surface area contributed by atoms with E-state index >= 15 is 0 Å². The lowest BCUT2D eigenvalue weighted by atomic mass is 10.1.